The van der Waals surface area contributed by atoms with E-state index in [-0.39, 0.29) is 46.2 Å². The number of rotatable bonds is 11. The standard InChI is InChI=1S/C43H54FN5O9/c1-13-14-33(50)47-25(2)23-55-35-34(45-24-46-36(35)49(39(53)57-42(7,8)9)40(54)58-43(10,11)12)31-21-30(44)22-32(26(31)3)48(38(52)56-41(4,5)6)37(51)29-19-17-28(18-20-29)27-15-16-27/h17-22,24-25,27,39,53H,15-16,23H2,1-12H3,(H,47,50)/t25-,39?/m0/s1. The van der Waals surface area contributed by atoms with Crippen molar-refractivity contribution < 1.29 is 47.6 Å². The minimum absolute atomic E-state index is 0.0167. The summed E-state index contributed by atoms with van der Waals surface area (Å²) in [6.07, 6.45) is -0.960. The van der Waals surface area contributed by atoms with Crippen LogP contribution in [0.15, 0.2) is 42.7 Å². The van der Waals surface area contributed by atoms with Crippen LogP contribution >= 0.6 is 0 Å². The van der Waals surface area contributed by atoms with Crippen molar-refractivity contribution >= 4 is 35.5 Å². The number of carbonyl (C=O) groups excluding carboxylic acids is 4. The molecule has 4 amide bonds. The topological polar surface area (TPSA) is 170 Å². The molecule has 1 unspecified atom stereocenters. The Bertz CT molecular complexity index is 2070. The summed E-state index contributed by atoms with van der Waals surface area (Å²) in [6.45, 7) is 19.2. The maximum absolute atomic E-state index is 16.0. The van der Waals surface area contributed by atoms with Crippen molar-refractivity contribution in [2.24, 2.45) is 0 Å². The number of aromatic nitrogens is 2. The van der Waals surface area contributed by atoms with Gasteiger partial charge in [-0.15, -0.1) is 0 Å². The lowest BCUT2D eigenvalue weighted by Gasteiger charge is -2.34. The highest BCUT2D eigenvalue weighted by Gasteiger charge is 2.38. The van der Waals surface area contributed by atoms with Crippen molar-refractivity contribution in [1.29, 1.82) is 0 Å². The maximum atomic E-state index is 16.0. The van der Waals surface area contributed by atoms with E-state index in [9.17, 15) is 24.3 Å². The second-order valence-corrected chi connectivity index (χ2v) is 17.0. The van der Waals surface area contributed by atoms with E-state index in [0.29, 0.717) is 5.92 Å². The average Bonchev–Trinajstić information content (AvgIpc) is 3.93. The molecule has 15 heteroatoms. The zero-order chi connectivity index (χ0) is 43.3. The number of amides is 4. The number of aliphatic hydroxyl groups excluding tert-OH is 1. The Morgan fingerprint density at radius 1 is 0.931 bits per heavy atom. The molecule has 1 fully saturated rings. The highest BCUT2D eigenvalue weighted by Crippen LogP contribution is 2.42. The smallest absolute Gasteiger partial charge is 0.422 e. The first kappa shape index (κ1) is 45.1. The van der Waals surface area contributed by atoms with E-state index < -0.39 is 59.1 Å². The van der Waals surface area contributed by atoms with Gasteiger partial charge in [0.15, 0.2) is 11.6 Å². The molecule has 1 saturated carbocycles. The SMILES string of the molecule is CC#CC(=O)N[C@@H](C)COc1c(-c2cc(F)cc(N(C(=O)OC(C)(C)C)C(=O)c3ccc(C4CC4)cc3)c2C)ncnc1N(C(=O)OC(C)(C)C)C(O)OC(C)(C)C. The predicted octanol–water partition coefficient (Wildman–Crippen LogP) is 7.79. The summed E-state index contributed by atoms with van der Waals surface area (Å²) in [5, 5.41) is 14.1. The normalized spacial score (nSPS) is 14.0. The molecule has 312 valence electrons. The molecule has 2 aromatic carbocycles. The van der Waals surface area contributed by atoms with E-state index in [1.165, 1.54) is 6.92 Å². The van der Waals surface area contributed by atoms with E-state index in [2.05, 4.69) is 27.1 Å². The lowest BCUT2D eigenvalue weighted by molar-refractivity contribution is -0.163. The van der Waals surface area contributed by atoms with Gasteiger partial charge >= 0.3 is 12.2 Å². The van der Waals surface area contributed by atoms with Crippen LogP contribution in [0.4, 0.5) is 25.5 Å². The maximum Gasteiger partial charge on any atom is 0.422 e. The third kappa shape index (κ3) is 12.2. The summed E-state index contributed by atoms with van der Waals surface area (Å²) in [6, 6.07) is 8.36. The highest BCUT2D eigenvalue weighted by molar-refractivity contribution is 6.20. The van der Waals surface area contributed by atoms with Crippen LogP contribution in [0.25, 0.3) is 11.3 Å². The molecule has 58 heavy (non-hydrogen) atoms. The van der Waals surface area contributed by atoms with Crippen LogP contribution in [-0.2, 0) is 19.0 Å². The van der Waals surface area contributed by atoms with Gasteiger partial charge in [-0.05, 0) is 143 Å². The predicted molar refractivity (Wildman–Crippen MR) is 216 cm³/mol. The number of nitrogens with zero attached hydrogens (tertiary/aromatic N) is 4. The van der Waals surface area contributed by atoms with Gasteiger partial charge in [0.2, 0.25) is 6.41 Å². The summed E-state index contributed by atoms with van der Waals surface area (Å²) >= 11 is 0. The van der Waals surface area contributed by atoms with Crippen LogP contribution in [-0.4, -0.2) is 74.9 Å². The lowest BCUT2D eigenvalue weighted by atomic mass is 10.0. The Morgan fingerprint density at radius 2 is 1.53 bits per heavy atom. The molecular formula is C43H54FN5O9. The van der Waals surface area contributed by atoms with Gasteiger partial charge in [0.25, 0.3) is 11.8 Å². The number of aliphatic hydroxyl groups is 1. The fourth-order valence-corrected chi connectivity index (χ4v) is 5.63. The summed E-state index contributed by atoms with van der Waals surface area (Å²) in [5.74, 6) is 2.50. The molecule has 0 bridgehead atoms. The molecule has 1 heterocycles. The number of nitrogens with one attached hydrogen (secondary N) is 1. The molecule has 0 saturated heterocycles. The quantitative estimate of drug-likeness (QED) is 0.143. The van der Waals surface area contributed by atoms with Crippen molar-refractivity contribution in [2.45, 2.75) is 131 Å². The van der Waals surface area contributed by atoms with Crippen LogP contribution < -0.4 is 19.9 Å². The number of hydrogen-bond donors (Lipinski definition) is 2. The van der Waals surface area contributed by atoms with Gasteiger partial charge in [0.05, 0.1) is 17.3 Å². The summed E-state index contributed by atoms with van der Waals surface area (Å²) in [5.41, 5.74) is -1.91. The third-order valence-corrected chi connectivity index (χ3v) is 8.20. The molecule has 2 N–H and O–H groups in total. The van der Waals surface area contributed by atoms with Gasteiger partial charge in [-0.1, -0.05) is 18.1 Å². The summed E-state index contributed by atoms with van der Waals surface area (Å²) in [4.78, 5) is 64.7. The van der Waals surface area contributed by atoms with Gasteiger partial charge in [-0.3, -0.25) is 9.59 Å². The van der Waals surface area contributed by atoms with Gasteiger partial charge < -0.3 is 29.4 Å². The van der Waals surface area contributed by atoms with Crippen LogP contribution in [0.5, 0.6) is 5.75 Å². The number of benzene rings is 2. The number of imide groups is 1. The Labute approximate surface area is 339 Å². The average molecular weight is 804 g/mol. The Kier molecular flexibility index (Phi) is 13.9. The molecule has 1 aliphatic rings. The zero-order valence-corrected chi connectivity index (χ0v) is 35.3. The second kappa shape index (κ2) is 17.9. The van der Waals surface area contributed by atoms with Crippen LogP contribution in [0.3, 0.4) is 0 Å². The van der Waals surface area contributed by atoms with Crippen molar-refractivity contribution in [2.75, 3.05) is 16.4 Å². The van der Waals surface area contributed by atoms with E-state index in [0.717, 1.165) is 46.7 Å². The number of carbonyl (C=O) groups is 4. The molecule has 3 aromatic rings. The molecule has 4 rings (SSSR count). The minimum Gasteiger partial charge on any atom is -0.485 e. The third-order valence-electron chi connectivity index (χ3n) is 8.20. The van der Waals surface area contributed by atoms with Gasteiger partial charge in [-0.2, -0.15) is 0 Å². The summed E-state index contributed by atoms with van der Waals surface area (Å²) < 4.78 is 39.4. The number of anilines is 2. The fourth-order valence-electron chi connectivity index (χ4n) is 5.63. The van der Waals surface area contributed by atoms with Crippen LogP contribution in [0.1, 0.15) is 116 Å². The Morgan fingerprint density at radius 3 is 2.09 bits per heavy atom. The van der Waals surface area contributed by atoms with Crippen molar-refractivity contribution in [3.63, 3.8) is 0 Å². The molecule has 1 aliphatic carbocycles. The van der Waals surface area contributed by atoms with Gasteiger partial charge in [0.1, 0.15) is 35.6 Å². The molecule has 0 aliphatic heterocycles. The number of ether oxygens (including phenoxy) is 4. The highest BCUT2D eigenvalue weighted by atomic mass is 19.1. The molecule has 0 radical (unpaired) electrons. The first-order valence-electron chi connectivity index (χ1n) is 19.0. The lowest BCUT2D eigenvalue weighted by Crippen LogP contribution is -2.48. The second-order valence-electron chi connectivity index (χ2n) is 17.0. The number of hydrogen-bond acceptors (Lipinski definition) is 11. The van der Waals surface area contributed by atoms with Gasteiger partial charge in [0, 0.05) is 11.1 Å². The minimum atomic E-state index is -1.99. The van der Waals surface area contributed by atoms with Gasteiger partial charge in [-0.25, -0.2) is 33.7 Å². The largest absolute Gasteiger partial charge is 0.485 e. The first-order chi connectivity index (χ1) is 26.9. The molecule has 1 aromatic heterocycles. The van der Waals surface area contributed by atoms with Crippen molar-refractivity contribution in [3.05, 3.63) is 65.2 Å². The molecular weight excluding hydrogens is 749 g/mol. The summed E-state index contributed by atoms with van der Waals surface area (Å²) in [7, 11) is 0. The number of halogens is 1. The monoisotopic (exact) mass is 803 g/mol. The molecule has 2 atom stereocenters. The fraction of sp³-hybridized carbons (Fsp3) is 0.488. The van der Waals surface area contributed by atoms with E-state index in [1.54, 1.807) is 88.3 Å². The molecule has 0 spiro atoms. The zero-order valence-electron chi connectivity index (χ0n) is 35.3. The van der Waals surface area contributed by atoms with Crippen molar-refractivity contribution in [3.8, 4) is 28.8 Å². The Balaban J connectivity index is 1.97. The molecule has 14 nitrogen and oxygen atoms in total. The van der Waals surface area contributed by atoms with E-state index in [1.807, 2.05) is 12.1 Å². The van der Waals surface area contributed by atoms with Crippen LogP contribution in [0.2, 0.25) is 0 Å². The van der Waals surface area contributed by atoms with E-state index >= 15 is 4.39 Å². The van der Waals surface area contributed by atoms with Crippen LogP contribution in [0, 0.1) is 24.6 Å². The van der Waals surface area contributed by atoms with E-state index in [4.69, 9.17) is 18.9 Å². The first-order valence-corrected chi connectivity index (χ1v) is 19.0. The van der Waals surface area contributed by atoms with Crippen molar-refractivity contribution in [1.82, 2.24) is 15.3 Å². The Hall–Kier alpha value is -5.59.